The molecule has 1 aromatic carbocycles. The molecular weight excluding hydrogens is 280 g/mol. The van der Waals surface area contributed by atoms with Crippen LogP contribution in [-0.2, 0) is 23.8 Å². The van der Waals surface area contributed by atoms with Gasteiger partial charge in [0.2, 0.25) is 0 Å². The van der Waals surface area contributed by atoms with E-state index in [-0.39, 0.29) is 10.7 Å². The summed E-state index contributed by atoms with van der Waals surface area (Å²) in [7, 11) is -2.71. The zero-order chi connectivity index (χ0) is 15.2. The number of methoxy groups -OCH3 is 1. The number of aryl methyl sites for hydroxylation is 1. The third-order valence-corrected chi connectivity index (χ3v) is 3.79. The van der Waals surface area contributed by atoms with E-state index >= 15 is 0 Å². The van der Waals surface area contributed by atoms with Crippen LogP contribution in [-0.4, -0.2) is 21.5 Å². The van der Waals surface area contributed by atoms with Crippen LogP contribution in [0.5, 0.6) is 0 Å². The lowest BCUT2D eigenvalue weighted by Gasteiger charge is -2.10. The SMILES string of the molecule is CCC/C(=C/C(=O)OC)OS(=O)(=O)c1ccc(C)cc1. The van der Waals surface area contributed by atoms with Crippen LogP contribution >= 0.6 is 0 Å². The molecule has 6 heteroatoms. The number of benzene rings is 1. The van der Waals surface area contributed by atoms with E-state index in [2.05, 4.69) is 4.74 Å². The molecule has 0 saturated carbocycles. The number of hydrogen-bond acceptors (Lipinski definition) is 5. The van der Waals surface area contributed by atoms with Crippen LogP contribution in [0.3, 0.4) is 0 Å². The van der Waals surface area contributed by atoms with E-state index in [1.165, 1.54) is 19.2 Å². The van der Waals surface area contributed by atoms with E-state index in [0.29, 0.717) is 12.8 Å². The summed E-state index contributed by atoms with van der Waals surface area (Å²) in [5.74, 6) is -0.576. The largest absolute Gasteiger partial charge is 0.466 e. The van der Waals surface area contributed by atoms with Gasteiger partial charge in [-0.25, -0.2) is 4.79 Å². The number of carbonyl (C=O) groups excluding carboxylic acids is 1. The molecule has 0 aliphatic carbocycles. The highest BCUT2D eigenvalue weighted by atomic mass is 32.2. The van der Waals surface area contributed by atoms with Crippen molar-refractivity contribution in [2.45, 2.75) is 31.6 Å². The third-order valence-electron chi connectivity index (χ3n) is 2.50. The van der Waals surface area contributed by atoms with Crippen molar-refractivity contribution in [3.8, 4) is 0 Å². The van der Waals surface area contributed by atoms with Gasteiger partial charge in [-0.15, -0.1) is 0 Å². The molecule has 20 heavy (non-hydrogen) atoms. The van der Waals surface area contributed by atoms with Crippen molar-refractivity contribution < 1.29 is 22.1 Å². The maximum Gasteiger partial charge on any atom is 0.338 e. The Kier molecular flexibility index (Phi) is 5.76. The normalized spacial score (nSPS) is 12.1. The number of esters is 1. The Balaban J connectivity index is 3.00. The second-order valence-electron chi connectivity index (χ2n) is 4.23. The maximum absolute atomic E-state index is 12.1. The van der Waals surface area contributed by atoms with E-state index in [9.17, 15) is 13.2 Å². The van der Waals surface area contributed by atoms with Gasteiger partial charge in [0.25, 0.3) is 0 Å². The zero-order valence-electron chi connectivity index (χ0n) is 11.8. The van der Waals surface area contributed by atoms with Crippen molar-refractivity contribution in [3.05, 3.63) is 41.7 Å². The van der Waals surface area contributed by atoms with Gasteiger partial charge in [-0.1, -0.05) is 24.6 Å². The van der Waals surface area contributed by atoms with Gasteiger partial charge in [0.05, 0.1) is 13.2 Å². The molecule has 0 N–H and O–H groups in total. The minimum Gasteiger partial charge on any atom is -0.466 e. The molecule has 0 amide bonds. The average Bonchev–Trinajstić information content (AvgIpc) is 2.38. The summed E-state index contributed by atoms with van der Waals surface area (Å²) in [6.07, 6.45) is 2.03. The first-order chi connectivity index (χ1) is 9.39. The summed E-state index contributed by atoms with van der Waals surface area (Å²) in [6, 6.07) is 6.29. The van der Waals surface area contributed by atoms with Crippen LogP contribution in [0.4, 0.5) is 0 Å². The van der Waals surface area contributed by atoms with Crippen LogP contribution in [0.1, 0.15) is 25.3 Å². The molecular formula is C14H18O5S. The molecule has 0 aliphatic heterocycles. The van der Waals surface area contributed by atoms with Crippen LogP contribution < -0.4 is 0 Å². The molecule has 0 aliphatic rings. The standard InChI is InChI=1S/C14H18O5S/c1-4-5-12(10-14(15)18-3)19-20(16,17)13-8-6-11(2)7-9-13/h6-10H,4-5H2,1-3H3/b12-10-. The molecule has 110 valence electrons. The van der Waals surface area contributed by atoms with E-state index < -0.39 is 16.1 Å². The topological polar surface area (TPSA) is 69.7 Å². The summed E-state index contributed by atoms with van der Waals surface area (Å²) in [5.41, 5.74) is 0.947. The Morgan fingerprint density at radius 1 is 1.25 bits per heavy atom. The van der Waals surface area contributed by atoms with Crippen molar-refractivity contribution in [2.75, 3.05) is 7.11 Å². The van der Waals surface area contributed by atoms with Crippen molar-refractivity contribution in [3.63, 3.8) is 0 Å². The smallest absolute Gasteiger partial charge is 0.338 e. The Hall–Kier alpha value is -1.82. The lowest BCUT2D eigenvalue weighted by atomic mass is 10.2. The molecule has 1 rings (SSSR count). The van der Waals surface area contributed by atoms with Gasteiger partial charge in [0, 0.05) is 6.42 Å². The van der Waals surface area contributed by atoms with Gasteiger partial charge in [0.1, 0.15) is 10.7 Å². The highest BCUT2D eigenvalue weighted by Gasteiger charge is 2.18. The minimum atomic E-state index is -3.93. The van der Waals surface area contributed by atoms with Gasteiger partial charge in [-0.05, 0) is 25.5 Å². The van der Waals surface area contributed by atoms with Crippen molar-refractivity contribution >= 4 is 16.1 Å². The number of carbonyl (C=O) groups is 1. The minimum absolute atomic E-state index is 0.0509. The molecule has 0 saturated heterocycles. The van der Waals surface area contributed by atoms with E-state index in [1.54, 1.807) is 12.1 Å². The summed E-state index contributed by atoms with van der Waals surface area (Å²) >= 11 is 0. The van der Waals surface area contributed by atoms with E-state index in [4.69, 9.17) is 4.18 Å². The number of rotatable bonds is 6. The predicted octanol–water partition coefficient (Wildman–Crippen LogP) is 2.56. The van der Waals surface area contributed by atoms with Gasteiger partial charge in [-0.2, -0.15) is 8.42 Å². The van der Waals surface area contributed by atoms with Gasteiger partial charge < -0.3 is 8.92 Å². The van der Waals surface area contributed by atoms with Crippen LogP contribution in [0.2, 0.25) is 0 Å². The van der Waals surface area contributed by atoms with Crippen LogP contribution in [0.15, 0.2) is 41.0 Å². The number of allylic oxidation sites excluding steroid dienone is 1. The molecule has 0 heterocycles. The maximum atomic E-state index is 12.1. The highest BCUT2D eigenvalue weighted by molar-refractivity contribution is 7.86. The summed E-state index contributed by atoms with van der Waals surface area (Å²) in [5, 5.41) is 0. The third kappa shape index (κ3) is 4.70. The van der Waals surface area contributed by atoms with Gasteiger partial charge >= 0.3 is 16.1 Å². The molecule has 5 nitrogen and oxygen atoms in total. The Morgan fingerprint density at radius 3 is 2.35 bits per heavy atom. The second kappa shape index (κ2) is 7.09. The van der Waals surface area contributed by atoms with Gasteiger partial charge in [-0.3, -0.25) is 0 Å². The van der Waals surface area contributed by atoms with Crippen molar-refractivity contribution in [1.29, 1.82) is 0 Å². The number of hydrogen-bond donors (Lipinski definition) is 0. The second-order valence-corrected chi connectivity index (χ2v) is 5.78. The van der Waals surface area contributed by atoms with Crippen LogP contribution in [0.25, 0.3) is 0 Å². The van der Waals surface area contributed by atoms with Gasteiger partial charge in [0.15, 0.2) is 0 Å². The summed E-state index contributed by atoms with van der Waals surface area (Å²) in [6.45, 7) is 3.71. The fraction of sp³-hybridized carbons (Fsp3) is 0.357. The summed E-state index contributed by atoms with van der Waals surface area (Å²) < 4.78 is 33.6. The lowest BCUT2D eigenvalue weighted by molar-refractivity contribution is -0.135. The molecule has 0 radical (unpaired) electrons. The monoisotopic (exact) mass is 298 g/mol. The predicted molar refractivity (Wildman–Crippen MR) is 74.5 cm³/mol. The lowest BCUT2D eigenvalue weighted by Crippen LogP contribution is -2.08. The Bertz CT molecular complexity index is 584. The van der Waals surface area contributed by atoms with Crippen molar-refractivity contribution in [2.24, 2.45) is 0 Å². The molecule has 0 fully saturated rings. The first-order valence-electron chi connectivity index (χ1n) is 6.18. The Labute approximate surface area is 119 Å². The molecule has 0 atom stereocenters. The van der Waals surface area contributed by atoms with Crippen LogP contribution in [0, 0.1) is 6.92 Å². The molecule has 0 unspecified atom stereocenters. The molecule has 0 bridgehead atoms. The molecule has 0 spiro atoms. The summed E-state index contributed by atoms with van der Waals surface area (Å²) in [4.78, 5) is 11.2. The quantitative estimate of drug-likeness (QED) is 0.349. The van der Waals surface area contributed by atoms with E-state index in [1.807, 2.05) is 13.8 Å². The first kappa shape index (κ1) is 16.2. The molecule has 0 aromatic heterocycles. The average molecular weight is 298 g/mol. The fourth-order valence-corrected chi connectivity index (χ4v) is 2.45. The highest BCUT2D eigenvalue weighted by Crippen LogP contribution is 2.19. The number of ether oxygens (including phenoxy) is 1. The Morgan fingerprint density at radius 2 is 1.85 bits per heavy atom. The van der Waals surface area contributed by atoms with E-state index in [0.717, 1.165) is 11.6 Å². The fourth-order valence-electron chi connectivity index (χ4n) is 1.47. The molecule has 1 aromatic rings. The first-order valence-corrected chi connectivity index (χ1v) is 7.59. The zero-order valence-corrected chi connectivity index (χ0v) is 12.6. The van der Waals surface area contributed by atoms with Crippen molar-refractivity contribution in [1.82, 2.24) is 0 Å².